The van der Waals surface area contributed by atoms with Crippen LogP contribution in [0.3, 0.4) is 0 Å². The maximum atomic E-state index is 6.70. The molecule has 162 valence electrons. The van der Waals surface area contributed by atoms with Gasteiger partial charge in [0.2, 0.25) is 0 Å². The average molecular weight is 458 g/mol. The van der Waals surface area contributed by atoms with Gasteiger partial charge in [0.05, 0.1) is 30.0 Å². The van der Waals surface area contributed by atoms with Gasteiger partial charge in [0.25, 0.3) is 0 Å². The molecule has 1 aromatic carbocycles. The number of anilines is 1. The molecule has 1 saturated heterocycles. The van der Waals surface area contributed by atoms with E-state index in [1.807, 2.05) is 19.2 Å². The van der Waals surface area contributed by atoms with E-state index in [2.05, 4.69) is 16.0 Å². The highest BCUT2D eigenvalue weighted by Crippen LogP contribution is 2.50. The monoisotopic (exact) mass is 457 g/mol. The van der Waals surface area contributed by atoms with E-state index in [0.717, 1.165) is 35.4 Å². The summed E-state index contributed by atoms with van der Waals surface area (Å²) in [5.74, 6) is 1.96. The predicted molar refractivity (Wildman–Crippen MR) is 126 cm³/mol. The predicted octanol–water partition coefficient (Wildman–Crippen LogP) is 6.31. The van der Waals surface area contributed by atoms with Crippen LogP contribution in [0.2, 0.25) is 10.0 Å². The largest absolute Gasteiger partial charge is 0.495 e. The zero-order chi connectivity index (χ0) is 21.8. The minimum absolute atomic E-state index is 0.419. The molecule has 3 aromatic rings. The Morgan fingerprint density at radius 2 is 1.61 bits per heavy atom. The van der Waals surface area contributed by atoms with Crippen LogP contribution in [0, 0.1) is 12.3 Å². The van der Waals surface area contributed by atoms with Crippen molar-refractivity contribution in [2.45, 2.75) is 32.6 Å². The Kier molecular flexibility index (Phi) is 5.14. The van der Waals surface area contributed by atoms with Gasteiger partial charge in [-0.05, 0) is 31.9 Å². The Morgan fingerprint density at radius 3 is 2.23 bits per heavy atom. The maximum Gasteiger partial charge on any atom is 0.141 e. The highest BCUT2D eigenvalue weighted by Gasteiger charge is 2.45. The molecule has 0 amide bonds. The molecule has 1 aliphatic carbocycles. The lowest BCUT2D eigenvalue weighted by atomic mass is 9.78. The molecule has 1 saturated carbocycles. The van der Waals surface area contributed by atoms with Crippen molar-refractivity contribution < 1.29 is 9.47 Å². The molecular weight excluding hydrogens is 433 g/mol. The summed E-state index contributed by atoms with van der Waals surface area (Å²) >= 11 is 13.4. The number of hydrogen-bond donors (Lipinski definition) is 0. The SMILES string of the molecule is COc1cc(OC)c(Cl)c(-c2cc3cnc(C)cc3c(N3CC4(CCCC4)C3)n2)c1Cl. The fourth-order valence-electron chi connectivity index (χ4n) is 5.07. The summed E-state index contributed by atoms with van der Waals surface area (Å²) < 4.78 is 10.9. The first-order valence-electron chi connectivity index (χ1n) is 10.6. The van der Waals surface area contributed by atoms with Gasteiger partial charge in [-0.1, -0.05) is 36.0 Å². The lowest BCUT2D eigenvalue weighted by Crippen LogP contribution is -2.55. The van der Waals surface area contributed by atoms with E-state index in [9.17, 15) is 0 Å². The molecule has 5 rings (SSSR count). The summed E-state index contributed by atoms with van der Waals surface area (Å²) in [6, 6.07) is 5.79. The first-order valence-corrected chi connectivity index (χ1v) is 11.3. The summed E-state index contributed by atoms with van der Waals surface area (Å²) in [7, 11) is 3.15. The van der Waals surface area contributed by atoms with Gasteiger partial charge in [0.1, 0.15) is 17.3 Å². The Hall–Kier alpha value is -2.24. The molecule has 0 bridgehead atoms. The number of halogens is 2. The van der Waals surface area contributed by atoms with Crippen LogP contribution in [0.1, 0.15) is 31.4 Å². The molecule has 1 spiro atoms. The molecule has 7 heteroatoms. The van der Waals surface area contributed by atoms with E-state index in [4.69, 9.17) is 37.7 Å². The molecular formula is C24H25Cl2N3O2. The van der Waals surface area contributed by atoms with Crippen molar-refractivity contribution in [2.24, 2.45) is 5.41 Å². The number of methoxy groups -OCH3 is 2. The van der Waals surface area contributed by atoms with Crippen LogP contribution in [0.15, 0.2) is 24.4 Å². The van der Waals surface area contributed by atoms with Crippen molar-refractivity contribution in [3.05, 3.63) is 40.1 Å². The summed E-state index contributed by atoms with van der Waals surface area (Å²) in [6.45, 7) is 4.10. The first-order chi connectivity index (χ1) is 14.9. The molecule has 2 aliphatic rings. The number of pyridine rings is 2. The van der Waals surface area contributed by atoms with E-state index in [1.54, 1.807) is 20.3 Å². The fraction of sp³-hybridized carbons (Fsp3) is 0.417. The second-order valence-corrected chi connectivity index (χ2v) is 9.48. The number of hydrogen-bond acceptors (Lipinski definition) is 5. The van der Waals surface area contributed by atoms with Crippen LogP contribution in [-0.2, 0) is 0 Å². The zero-order valence-corrected chi connectivity index (χ0v) is 19.5. The molecule has 0 N–H and O–H groups in total. The number of fused-ring (bicyclic) bond motifs is 1. The van der Waals surface area contributed by atoms with Gasteiger partial charge < -0.3 is 14.4 Å². The Balaban J connectivity index is 1.69. The number of nitrogens with zero attached hydrogens (tertiary/aromatic N) is 3. The molecule has 5 nitrogen and oxygen atoms in total. The van der Waals surface area contributed by atoms with E-state index < -0.39 is 0 Å². The summed E-state index contributed by atoms with van der Waals surface area (Å²) in [6.07, 6.45) is 7.18. The van der Waals surface area contributed by atoms with Crippen molar-refractivity contribution in [2.75, 3.05) is 32.2 Å². The lowest BCUT2D eigenvalue weighted by molar-refractivity contribution is 0.221. The molecule has 3 heterocycles. The van der Waals surface area contributed by atoms with Gasteiger partial charge in [-0.3, -0.25) is 4.98 Å². The number of benzene rings is 1. The third-order valence-electron chi connectivity index (χ3n) is 6.68. The topological polar surface area (TPSA) is 47.5 Å². The normalized spacial score (nSPS) is 17.3. The smallest absolute Gasteiger partial charge is 0.141 e. The Bertz CT molecular complexity index is 1140. The van der Waals surface area contributed by atoms with Crippen molar-refractivity contribution >= 4 is 39.8 Å². The standard InChI is InChI=1S/C24H25Cl2N3O2/c1-14-8-16-15(11-27-14)9-17(20-21(25)18(30-2)10-19(31-3)22(20)26)28-23(16)29-12-24(13-29)6-4-5-7-24/h8-11H,4-7,12-13H2,1-3H3. The number of aryl methyl sites for hydroxylation is 1. The van der Waals surface area contributed by atoms with Crippen LogP contribution in [0.25, 0.3) is 22.0 Å². The van der Waals surface area contributed by atoms with Crippen molar-refractivity contribution in [3.63, 3.8) is 0 Å². The molecule has 0 radical (unpaired) electrons. The van der Waals surface area contributed by atoms with E-state index in [0.29, 0.717) is 38.2 Å². The van der Waals surface area contributed by atoms with E-state index in [1.165, 1.54) is 25.7 Å². The molecule has 1 aliphatic heterocycles. The average Bonchev–Trinajstić information content (AvgIpc) is 3.23. The van der Waals surface area contributed by atoms with Gasteiger partial charge in [0, 0.05) is 52.8 Å². The second kappa shape index (κ2) is 7.72. The summed E-state index contributed by atoms with van der Waals surface area (Å²) in [4.78, 5) is 12.0. The summed E-state index contributed by atoms with van der Waals surface area (Å²) in [5.41, 5.74) is 2.73. The highest BCUT2D eigenvalue weighted by molar-refractivity contribution is 6.41. The zero-order valence-electron chi connectivity index (χ0n) is 18.0. The lowest BCUT2D eigenvalue weighted by Gasteiger charge is -2.49. The molecule has 31 heavy (non-hydrogen) atoms. The number of ether oxygens (including phenoxy) is 2. The number of aromatic nitrogens is 2. The van der Waals surface area contributed by atoms with Gasteiger partial charge in [-0.15, -0.1) is 0 Å². The summed E-state index contributed by atoms with van der Waals surface area (Å²) in [5, 5.41) is 2.95. The van der Waals surface area contributed by atoms with Crippen molar-refractivity contribution in [1.82, 2.24) is 9.97 Å². The van der Waals surface area contributed by atoms with Crippen LogP contribution in [0.4, 0.5) is 5.82 Å². The van der Waals surface area contributed by atoms with Crippen LogP contribution in [-0.4, -0.2) is 37.3 Å². The molecule has 2 fully saturated rings. The first kappa shape index (κ1) is 20.7. The second-order valence-electron chi connectivity index (χ2n) is 8.73. The fourth-order valence-corrected chi connectivity index (χ4v) is 5.76. The highest BCUT2D eigenvalue weighted by atomic mass is 35.5. The minimum Gasteiger partial charge on any atom is -0.495 e. The van der Waals surface area contributed by atoms with Gasteiger partial charge in [0.15, 0.2) is 0 Å². The van der Waals surface area contributed by atoms with E-state index in [-0.39, 0.29) is 0 Å². The van der Waals surface area contributed by atoms with Crippen LogP contribution >= 0.6 is 23.2 Å². The quantitative estimate of drug-likeness (QED) is 0.459. The van der Waals surface area contributed by atoms with Crippen molar-refractivity contribution in [3.8, 4) is 22.8 Å². The van der Waals surface area contributed by atoms with Crippen LogP contribution < -0.4 is 14.4 Å². The van der Waals surface area contributed by atoms with Gasteiger partial charge >= 0.3 is 0 Å². The molecule has 0 atom stereocenters. The van der Waals surface area contributed by atoms with Crippen LogP contribution in [0.5, 0.6) is 11.5 Å². The van der Waals surface area contributed by atoms with E-state index >= 15 is 0 Å². The van der Waals surface area contributed by atoms with Gasteiger partial charge in [-0.2, -0.15) is 0 Å². The molecule has 0 unspecified atom stereocenters. The Labute approximate surface area is 192 Å². The van der Waals surface area contributed by atoms with Crippen molar-refractivity contribution in [1.29, 1.82) is 0 Å². The molecule has 2 aromatic heterocycles. The third kappa shape index (κ3) is 3.39. The maximum absolute atomic E-state index is 6.70. The van der Waals surface area contributed by atoms with Gasteiger partial charge in [-0.25, -0.2) is 4.98 Å². The number of rotatable bonds is 4. The minimum atomic E-state index is 0.419. The third-order valence-corrected chi connectivity index (χ3v) is 7.43. The Morgan fingerprint density at radius 1 is 0.968 bits per heavy atom.